The smallest absolute Gasteiger partial charge is 0.336 e. The number of carboxylic acid groups (broad SMARTS) is 1. The average molecular weight is 294 g/mol. The predicted octanol–water partition coefficient (Wildman–Crippen LogP) is 2.00. The van der Waals surface area contributed by atoms with Gasteiger partial charge in [0, 0.05) is 18.6 Å². The van der Waals surface area contributed by atoms with Gasteiger partial charge in [0.2, 0.25) is 0 Å². The van der Waals surface area contributed by atoms with Gasteiger partial charge in [0.25, 0.3) is 0 Å². The number of rotatable bonds is 6. The minimum absolute atomic E-state index is 0.0425. The van der Waals surface area contributed by atoms with Crippen molar-refractivity contribution in [1.29, 1.82) is 0 Å². The summed E-state index contributed by atoms with van der Waals surface area (Å²) in [6, 6.07) is 5.41. The fourth-order valence-corrected chi connectivity index (χ4v) is 2.83. The van der Waals surface area contributed by atoms with E-state index in [4.69, 9.17) is 9.47 Å². The number of hydrogen-bond donors (Lipinski definition) is 2. The maximum Gasteiger partial charge on any atom is 0.336 e. The molecule has 0 aliphatic carbocycles. The van der Waals surface area contributed by atoms with Crippen molar-refractivity contribution in [1.82, 2.24) is 0 Å². The van der Waals surface area contributed by atoms with Gasteiger partial charge in [-0.15, -0.1) is 0 Å². The van der Waals surface area contributed by atoms with Gasteiger partial charge in [-0.25, -0.2) is 4.79 Å². The number of hydrogen-bond acceptors (Lipinski definition) is 4. The number of aliphatic carboxylic acids is 1. The van der Waals surface area contributed by atoms with Gasteiger partial charge >= 0.3 is 5.97 Å². The van der Waals surface area contributed by atoms with E-state index in [-0.39, 0.29) is 12.5 Å². The zero-order chi connectivity index (χ0) is 15.5. The molecule has 0 radical (unpaired) electrons. The van der Waals surface area contributed by atoms with Crippen LogP contribution in [0.5, 0.6) is 5.75 Å². The number of benzene rings is 1. The van der Waals surface area contributed by atoms with Gasteiger partial charge in [-0.3, -0.25) is 0 Å². The first kappa shape index (κ1) is 15.8. The number of carbonyl (C=O) groups is 1. The summed E-state index contributed by atoms with van der Waals surface area (Å²) >= 11 is 0. The van der Waals surface area contributed by atoms with Crippen molar-refractivity contribution in [3.63, 3.8) is 0 Å². The molecule has 2 unspecified atom stereocenters. The molecule has 0 spiro atoms. The summed E-state index contributed by atoms with van der Waals surface area (Å²) < 4.78 is 11.0. The highest BCUT2D eigenvalue weighted by molar-refractivity contribution is 5.78. The molecular weight excluding hydrogens is 272 g/mol. The van der Waals surface area contributed by atoms with Crippen LogP contribution in [0.25, 0.3) is 0 Å². The van der Waals surface area contributed by atoms with E-state index >= 15 is 0 Å². The molecule has 2 atom stereocenters. The zero-order valence-electron chi connectivity index (χ0n) is 12.5. The van der Waals surface area contributed by atoms with Crippen molar-refractivity contribution in [3.8, 4) is 5.75 Å². The molecule has 2 rings (SSSR count). The maximum absolute atomic E-state index is 11.7. The van der Waals surface area contributed by atoms with Crippen LogP contribution >= 0.6 is 0 Å². The van der Waals surface area contributed by atoms with Crippen molar-refractivity contribution in [2.45, 2.75) is 38.9 Å². The summed E-state index contributed by atoms with van der Waals surface area (Å²) in [6.07, 6.45) is 1.04. The monoisotopic (exact) mass is 294 g/mol. The Bertz CT molecular complexity index is 513. The first-order chi connectivity index (χ1) is 10.0. The van der Waals surface area contributed by atoms with Gasteiger partial charge in [0.05, 0.1) is 13.2 Å². The van der Waals surface area contributed by atoms with Gasteiger partial charge in [-0.05, 0) is 37.0 Å². The Hall–Kier alpha value is -1.59. The van der Waals surface area contributed by atoms with E-state index in [9.17, 15) is 15.0 Å². The minimum Gasteiger partial charge on any atom is -0.494 e. The van der Waals surface area contributed by atoms with Gasteiger partial charge in [-0.1, -0.05) is 13.0 Å². The normalized spacial score (nSPS) is 25.0. The van der Waals surface area contributed by atoms with E-state index < -0.39 is 11.6 Å². The second kappa shape index (κ2) is 6.45. The van der Waals surface area contributed by atoms with E-state index in [0.717, 1.165) is 12.0 Å². The second-order valence-electron chi connectivity index (χ2n) is 5.44. The zero-order valence-corrected chi connectivity index (χ0v) is 12.5. The Labute approximate surface area is 124 Å². The number of ether oxygens (including phenoxy) is 2. The molecule has 0 bridgehead atoms. The number of carboxylic acids is 1. The Morgan fingerprint density at radius 2 is 2.29 bits per heavy atom. The highest BCUT2D eigenvalue weighted by Gasteiger charge is 2.48. The lowest BCUT2D eigenvalue weighted by molar-refractivity contribution is -0.163. The van der Waals surface area contributed by atoms with Crippen molar-refractivity contribution in [3.05, 3.63) is 29.3 Å². The molecule has 0 aromatic heterocycles. The lowest BCUT2D eigenvalue weighted by Crippen LogP contribution is -2.45. The first-order valence-electron chi connectivity index (χ1n) is 7.26. The van der Waals surface area contributed by atoms with Crippen LogP contribution in [0.1, 0.15) is 31.4 Å². The molecule has 1 heterocycles. The van der Waals surface area contributed by atoms with Crippen LogP contribution in [-0.4, -0.2) is 35.0 Å². The van der Waals surface area contributed by atoms with Crippen LogP contribution in [-0.2, 0) is 22.6 Å². The highest BCUT2D eigenvalue weighted by Crippen LogP contribution is 2.36. The Morgan fingerprint density at radius 3 is 2.81 bits per heavy atom. The molecule has 0 saturated carbocycles. The third kappa shape index (κ3) is 3.04. The Kier molecular flexibility index (Phi) is 4.85. The van der Waals surface area contributed by atoms with Gasteiger partial charge in [0.15, 0.2) is 5.60 Å². The number of aliphatic hydroxyl groups is 1. The second-order valence-corrected chi connectivity index (χ2v) is 5.44. The van der Waals surface area contributed by atoms with E-state index in [2.05, 4.69) is 0 Å². The van der Waals surface area contributed by atoms with Crippen LogP contribution < -0.4 is 4.74 Å². The quantitative estimate of drug-likeness (QED) is 0.839. The topological polar surface area (TPSA) is 76.0 Å². The third-order valence-electron chi connectivity index (χ3n) is 4.13. The molecule has 1 aromatic rings. The van der Waals surface area contributed by atoms with Gasteiger partial charge in [0.1, 0.15) is 5.75 Å². The number of aliphatic hydroxyl groups excluding tert-OH is 1. The predicted molar refractivity (Wildman–Crippen MR) is 77.3 cm³/mol. The maximum atomic E-state index is 11.7. The summed E-state index contributed by atoms with van der Waals surface area (Å²) in [7, 11) is 0. The van der Waals surface area contributed by atoms with E-state index in [1.165, 1.54) is 0 Å². The van der Waals surface area contributed by atoms with Crippen molar-refractivity contribution < 1.29 is 24.5 Å². The van der Waals surface area contributed by atoms with Gasteiger partial charge < -0.3 is 19.7 Å². The molecule has 1 aromatic carbocycles. The fourth-order valence-electron chi connectivity index (χ4n) is 2.83. The molecular formula is C16H22O5. The Morgan fingerprint density at radius 1 is 1.52 bits per heavy atom. The lowest BCUT2D eigenvalue weighted by atomic mass is 9.83. The third-order valence-corrected chi connectivity index (χ3v) is 4.13. The molecule has 1 aliphatic rings. The van der Waals surface area contributed by atoms with Gasteiger partial charge in [-0.2, -0.15) is 0 Å². The van der Waals surface area contributed by atoms with Crippen LogP contribution in [0.3, 0.4) is 0 Å². The lowest BCUT2D eigenvalue weighted by Gasteiger charge is -2.28. The molecule has 1 aliphatic heterocycles. The standard InChI is InChI=1S/C16H22O5/c1-3-20-14-5-4-12(8-13(14)10-17)9-16(15(18)19)11(2)6-7-21-16/h4-5,8,11,17H,3,6-7,9-10H2,1-2H3,(H,18,19). The summed E-state index contributed by atoms with van der Waals surface area (Å²) in [5.74, 6) is -0.334. The highest BCUT2D eigenvalue weighted by atomic mass is 16.5. The fraction of sp³-hybridized carbons (Fsp3) is 0.562. The molecule has 1 saturated heterocycles. The molecule has 0 amide bonds. The molecule has 116 valence electrons. The minimum atomic E-state index is -1.17. The molecule has 21 heavy (non-hydrogen) atoms. The average Bonchev–Trinajstić information content (AvgIpc) is 2.83. The van der Waals surface area contributed by atoms with Crippen LogP contribution in [0, 0.1) is 5.92 Å². The molecule has 5 heteroatoms. The summed E-state index contributed by atoms with van der Waals surface area (Å²) in [4.78, 5) is 11.7. The molecule has 1 fully saturated rings. The SMILES string of the molecule is CCOc1ccc(CC2(C(=O)O)OCCC2C)cc1CO. The van der Waals surface area contributed by atoms with E-state index in [1.807, 2.05) is 19.9 Å². The summed E-state index contributed by atoms with van der Waals surface area (Å²) in [5.41, 5.74) is 0.332. The summed E-state index contributed by atoms with van der Waals surface area (Å²) in [5, 5.41) is 19.0. The van der Waals surface area contributed by atoms with Crippen LogP contribution in [0.15, 0.2) is 18.2 Å². The van der Waals surface area contributed by atoms with Crippen LogP contribution in [0.4, 0.5) is 0 Å². The Balaban J connectivity index is 2.28. The largest absolute Gasteiger partial charge is 0.494 e. The first-order valence-corrected chi connectivity index (χ1v) is 7.26. The van der Waals surface area contributed by atoms with E-state index in [1.54, 1.807) is 12.1 Å². The molecule has 2 N–H and O–H groups in total. The van der Waals surface area contributed by atoms with Crippen molar-refractivity contribution in [2.24, 2.45) is 5.92 Å². The molecule has 5 nitrogen and oxygen atoms in total. The van der Waals surface area contributed by atoms with Crippen molar-refractivity contribution >= 4 is 5.97 Å². The summed E-state index contributed by atoms with van der Waals surface area (Å²) in [6.45, 7) is 4.63. The van der Waals surface area contributed by atoms with Crippen molar-refractivity contribution in [2.75, 3.05) is 13.2 Å². The van der Waals surface area contributed by atoms with E-state index in [0.29, 0.717) is 30.9 Å². The van der Waals surface area contributed by atoms with Crippen LogP contribution in [0.2, 0.25) is 0 Å².